The number of piperidine rings is 1. The number of alkyl halides is 3. The van der Waals surface area contributed by atoms with E-state index < -0.39 is 17.6 Å². The van der Waals surface area contributed by atoms with Gasteiger partial charge in [-0.3, -0.25) is 9.59 Å². The van der Waals surface area contributed by atoms with E-state index in [1.807, 2.05) is 17.0 Å². The Kier molecular flexibility index (Phi) is 9.54. The first kappa shape index (κ1) is 29.5. The van der Waals surface area contributed by atoms with Crippen molar-refractivity contribution in [1.29, 1.82) is 0 Å². The van der Waals surface area contributed by atoms with E-state index in [0.29, 0.717) is 17.1 Å². The fraction of sp³-hybridized carbons (Fsp3) is 0.290. The molecule has 0 unspecified atom stereocenters. The Morgan fingerprint density at radius 2 is 1.56 bits per heavy atom. The summed E-state index contributed by atoms with van der Waals surface area (Å²) in [5.41, 5.74) is 0.839. The van der Waals surface area contributed by atoms with Gasteiger partial charge in [0.25, 0.3) is 11.8 Å². The van der Waals surface area contributed by atoms with Gasteiger partial charge < -0.3 is 24.4 Å². The number of carbonyl (C=O) groups is 2. The van der Waals surface area contributed by atoms with Crippen molar-refractivity contribution in [2.75, 3.05) is 39.2 Å². The van der Waals surface area contributed by atoms with Crippen LogP contribution < -0.4 is 19.5 Å². The number of benzene rings is 3. The van der Waals surface area contributed by atoms with Crippen molar-refractivity contribution < 1.29 is 37.0 Å². The van der Waals surface area contributed by atoms with E-state index in [1.165, 1.54) is 26.4 Å². The number of anilines is 1. The Morgan fingerprint density at radius 1 is 0.878 bits per heavy atom. The van der Waals surface area contributed by atoms with E-state index >= 15 is 0 Å². The van der Waals surface area contributed by atoms with Crippen LogP contribution in [-0.2, 0) is 11.0 Å². The molecule has 1 N–H and O–H groups in total. The average Bonchev–Trinajstić information content (AvgIpc) is 2.99. The van der Waals surface area contributed by atoms with Gasteiger partial charge >= 0.3 is 6.18 Å². The third kappa shape index (κ3) is 7.81. The molecule has 41 heavy (non-hydrogen) atoms. The Labute approximate surface area is 236 Å². The summed E-state index contributed by atoms with van der Waals surface area (Å²) in [5.74, 6) is 0.658. The first-order chi connectivity index (χ1) is 19.7. The van der Waals surface area contributed by atoms with Crippen LogP contribution in [0.2, 0.25) is 0 Å². The van der Waals surface area contributed by atoms with E-state index in [0.717, 1.165) is 50.0 Å². The van der Waals surface area contributed by atoms with Gasteiger partial charge in [0.2, 0.25) is 0 Å². The van der Waals surface area contributed by atoms with Crippen LogP contribution in [0.25, 0.3) is 12.2 Å². The molecule has 10 heteroatoms. The van der Waals surface area contributed by atoms with Crippen LogP contribution in [0.1, 0.15) is 46.3 Å². The predicted molar refractivity (Wildman–Crippen MR) is 150 cm³/mol. The monoisotopic (exact) mass is 568 g/mol. The van der Waals surface area contributed by atoms with Gasteiger partial charge in [-0.2, -0.15) is 13.2 Å². The Morgan fingerprint density at radius 3 is 2.17 bits per heavy atom. The van der Waals surface area contributed by atoms with Crippen molar-refractivity contribution in [2.24, 2.45) is 0 Å². The first-order valence-electron chi connectivity index (χ1n) is 13.1. The molecule has 1 aliphatic rings. The highest BCUT2D eigenvalue weighted by molar-refractivity contribution is 6.09. The van der Waals surface area contributed by atoms with Gasteiger partial charge in [-0.1, -0.05) is 24.3 Å². The van der Waals surface area contributed by atoms with Crippen molar-refractivity contribution in [2.45, 2.75) is 25.4 Å². The maximum Gasteiger partial charge on any atom is 0.416 e. The smallest absolute Gasteiger partial charge is 0.416 e. The van der Waals surface area contributed by atoms with Crippen molar-refractivity contribution in [3.8, 4) is 17.2 Å². The zero-order valence-corrected chi connectivity index (χ0v) is 22.8. The van der Waals surface area contributed by atoms with Gasteiger partial charge in [-0.25, -0.2) is 0 Å². The Hall–Kier alpha value is -4.47. The van der Waals surface area contributed by atoms with Crippen molar-refractivity contribution in [3.63, 3.8) is 0 Å². The molecule has 1 fully saturated rings. The number of nitrogens with zero attached hydrogens (tertiary/aromatic N) is 1. The highest BCUT2D eigenvalue weighted by Gasteiger charge is 2.30. The van der Waals surface area contributed by atoms with Crippen LogP contribution in [0.5, 0.6) is 17.2 Å². The molecule has 1 saturated heterocycles. The van der Waals surface area contributed by atoms with E-state index in [4.69, 9.17) is 14.2 Å². The summed E-state index contributed by atoms with van der Waals surface area (Å²) < 4.78 is 55.2. The minimum Gasteiger partial charge on any atom is -0.497 e. The third-order valence-electron chi connectivity index (χ3n) is 6.67. The summed E-state index contributed by atoms with van der Waals surface area (Å²) in [6.07, 6.45) is 2.20. The minimum absolute atomic E-state index is 0.0177. The SMILES string of the molecule is COc1cc(/C=C/c2ccc(OCC(=O)N3CCCCC3)cc2)c(C(=O)Nc2ccc(C(F)(F)F)cc2)c(OC)c1. The van der Waals surface area contributed by atoms with E-state index in [-0.39, 0.29) is 29.5 Å². The quantitative estimate of drug-likeness (QED) is 0.297. The first-order valence-corrected chi connectivity index (χ1v) is 13.1. The van der Waals surface area contributed by atoms with Gasteiger partial charge in [0.05, 0.1) is 25.3 Å². The van der Waals surface area contributed by atoms with E-state index in [2.05, 4.69) is 5.32 Å². The lowest BCUT2D eigenvalue weighted by atomic mass is 10.0. The number of nitrogens with one attached hydrogen (secondary N) is 1. The van der Waals surface area contributed by atoms with Crippen molar-refractivity contribution in [1.82, 2.24) is 4.90 Å². The van der Waals surface area contributed by atoms with Gasteiger partial charge in [0.1, 0.15) is 17.2 Å². The second kappa shape index (κ2) is 13.3. The topological polar surface area (TPSA) is 77.1 Å². The zero-order valence-electron chi connectivity index (χ0n) is 22.8. The molecule has 0 radical (unpaired) electrons. The summed E-state index contributed by atoms with van der Waals surface area (Å²) in [7, 11) is 2.89. The van der Waals surface area contributed by atoms with Gasteiger partial charge in [-0.15, -0.1) is 0 Å². The molecule has 3 aromatic carbocycles. The maximum atomic E-state index is 13.3. The minimum atomic E-state index is -4.48. The number of amides is 2. The largest absolute Gasteiger partial charge is 0.497 e. The van der Waals surface area contributed by atoms with Crippen LogP contribution in [0, 0.1) is 0 Å². The summed E-state index contributed by atoms with van der Waals surface area (Å²) in [4.78, 5) is 27.4. The van der Waals surface area contributed by atoms with E-state index in [1.54, 1.807) is 36.4 Å². The zero-order chi connectivity index (χ0) is 29.4. The number of likely N-dealkylation sites (tertiary alicyclic amines) is 1. The molecule has 3 aromatic rings. The highest BCUT2D eigenvalue weighted by Crippen LogP contribution is 2.32. The number of ether oxygens (including phenoxy) is 3. The molecule has 0 aliphatic carbocycles. The number of methoxy groups -OCH3 is 2. The second-order valence-corrected chi connectivity index (χ2v) is 9.46. The fourth-order valence-corrected chi connectivity index (χ4v) is 4.44. The van der Waals surface area contributed by atoms with Crippen LogP contribution in [0.15, 0.2) is 60.7 Å². The summed E-state index contributed by atoms with van der Waals surface area (Å²) in [6.45, 7) is 1.52. The molecular weight excluding hydrogens is 537 g/mol. The second-order valence-electron chi connectivity index (χ2n) is 9.46. The molecule has 0 atom stereocenters. The van der Waals surface area contributed by atoms with Gasteiger partial charge in [0.15, 0.2) is 6.61 Å². The molecule has 0 aromatic heterocycles. The number of rotatable bonds is 9. The predicted octanol–water partition coefficient (Wildman–Crippen LogP) is 6.54. The third-order valence-corrected chi connectivity index (χ3v) is 6.67. The molecule has 1 aliphatic heterocycles. The number of halogens is 3. The number of hydrogen-bond donors (Lipinski definition) is 1. The van der Waals surface area contributed by atoms with Crippen LogP contribution in [-0.4, -0.2) is 50.6 Å². The average molecular weight is 569 g/mol. The maximum absolute atomic E-state index is 13.3. The van der Waals surface area contributed by atoms with Crippen molar-refractivity contribution in [3.05, 3.63) is 82.9 Å². The molecule has 0 spiro atoms. The summed E-state index contributed by atoms with van der Waals surface area (Å²) in [6, 6.07) is 14.5. The Balaban J connectivity index is 1.49. The lowest BCUT2D eigenvalue weighted by Gasteiger charge is -2.26. The molecule has 1 heterocycles. The summed E-state index contributed by atoms with van der Waals surface area (Å²) >= 11 is 0. The molecule has 216 valence electrons. The molecular formula is C31H31F3N2O5. The Bertz CT molecular complexity index is 1380. The number of hydrogen-bond acceptors (Lipinski definition) is 5. The molecule has 4 rings (SSSR count). The summed E-state index contributed by atoms with van der Waals surface area (Å²) in [5, 5.41) is 2.63. The van der Waals surface area contributed by atoms with Crippen LogP contribution in [0.4, 0.5) is 18.9 Å². The normalized spacial score (nSPS) is 13.6. The van der Waals surface area contributed by atoms with Crippen molar-refractivity contribution >= 4 is 29.7 Å². The van der Waals surface area contributed by atoms with Crippen LogP contribution in [0.3, 0.4) is 0 Å². The van der Waals surface area contributed by atoms with Crippen LogP contribution >= 0.6 is 0 Å². The standard InChI is InChI=1S/C31H31F3N2O5/c1-39-26-18-22(9-6-21-7-14-25(15-8-21)41-20-28(37)36-16-4-3-5-17-36)29(27(19-26)40-2)30(38)35-24-12-10-23(11-13-24)31(32,33)34/h6-15,18-19H,3-5,16-17,20H2,1-2H3,(H,35,38)/b9-6+. The lowest BCUT2D eigenvalue weighted by molar-refractivity contribution is -0.137. The fourth-order valence-electron chi connectivity index (χ4n) is 4.44. The molecule has 2 amide bonds. The lowest BCUT2D eigenvalue weighted by Crippen LogP contribution is -2.38. The van der Waals surface area contributed by atoms with E-state index in [9.17, 15) is 22.8 Å². The van der Waals surface area contributed by atoms with Gasteiger partial charge in [-0.05, 0) is 72.9 Å². The van der Waals surface area contributed by atoms with Gasteiger partial charge in [0, 0.05) is 24.8 Å². The number of carbonyl (C=O) groups excluding carboxylic acids is 2. The molecule has 0 bridgehead atoms. The highest BCUT2D eigenvalue weighted by atomic mass is 19.4. The molecule has 7 nitrogen and oxygen atoms in total. The molecule has 0 saturated carbocycles.